The zero-order valence-electron chi connectivity index (χ0n) is 39.6. The van der Waals surface area contributed by atoms with E-state index in [0.717, 1.165) is 77.0 Å². The van der Waals surface area contributed by atoms with E-state index >= 15 is 0 Å². The van der Waals surface area contributed by atoms with Crippen LogP contribution in [-0.4, -0.2) is 75.6 Å². The van der Waals surface area contributed by atoms with Gasteiger partial charge >= 0.3 is 13.8 Å². The lowest BCUT2D eigenvalue weighted by Gasteiger charge is -2.24. The second kappa shape index (κ2) is 44.0. The summed E-state index contributed by atoms with van der Waals surface area (Å²) in [5.41, 5.74) is 0. The van der Waals surface area contributed by atoms with Crippen LogP contribution in [0.4, 0.5) is 0 Å². The van der Waals surface area contributed by atoms with Crippen molar-refractivity contribution in [2.24, 2.45) is 0 Å². The van der Waals surface area contributed by atoms with E-state index in [-0.39, 0.29) is 25.8 Å². The number of carbonyl (C=O) groups excluding carboxylic acids is 1. The first-order valence-electron chi connectivity index (χ1n) is 24.0. The predicted molar refractivity (Wildman–Crippen MR) is 261 cm³/mol. The topological polar surface area (TPSA) is 91.3 Å². The Bertz CT molecular complexity index is 1290. The largest absolute Gasteiger partial charge is 0.472 e. The number of phosphoric acid groups is 1. The molecule has 0 radical (unpaired) electrons. The standard InChI is InChI=1S/C52H90NO7P/c1-6-8-10-12-14-16-18-20-22-24-26-28-30-32-34-36-38-40-42-44-47-57-49-51(50-59-61(55,56)58-48-46-53(3,4)5)60-52(54)45-43-41-39-37-35-33-31-29-27-25-23-21-19-17-15-13-11-9-7-2/h8,10,14-17,20-23,26,28,32,34,38,40,51H,6-7,9,11-13,18-19,24-25,27,29-31,33,35-37,39,41-50H2,1-5H3/p+1/b10-8-,16-14-,17-15-,22-20-,23-21-,28-26-,34-32-,40-38-. The Kier molecular flexibility index (Phi) is 42.2. The van der Waals surface area contributed by atoms with Crippen molar-refractivity contribution in [3.63, 3.8) is 0 Å². The summed E-state index contributed by atoms with van der Waals surface area (Å²) in [6.07, 6.45) is 60.3. The van der Waals surface area contributed by atoms with Crippen molar-refractivity contribution in [2.45, 2.75) is 174 Å². The van der Waals surface area contributed by atoms with Gasteiger partial charge in [0.25, 0.3) is 0 Å². The van der Waals surface area contributed by atoms with Gasteiger partial charge in [-0.15, -0.1) is 0 Å². The van der Waals surface area contributed by atoms with Crippen molar-refractivity contribution >= 4 is 13.8 Å². The maximum Gasteiger partial charge on any atom is 0.472 e. The van der Waals surface area contributed by atoms with Gasteiger partial charge in [0.2, 0.25) is 0 Å². The Morgan fingerprint density at radius 2 is 0.951 bits per heavy atom. The van der Waals surface area contributed by atoms with E-state index < -0.39 is 13.9 Å². The molecular formula is C52H91NO7P+. The number of quaternary nitrogens is 1. The van der Waals surface area contributed by atoms with Crippen LogP contribution in [0.1, 0.15) is 168 Å². The van der Waals surface area contributed by atoms with Crippen molar-refractivity contribution < 1.29 is 37.3 Å². The highest BCUT2D eigenvalue weighted by Gasteiger charge is 2.26. The lowest BCUT2D eigenvalue weighted by molar-refractivity contribution is -0.870. The number of likely N-dealkylation sites (N-methyl/N-ethyl adjacent to an activating group) is 1. The molecule has 350 valence electrons. The minimum atomic E-state index is -4.30. The molecule has 0 aromatic carbocycles. The molecule has 0 aliphatic carbocycles. The van der Waals surface area contributed by atoms with Crippen LogP contribution >= 0.6 is 7.82 Å². The molecule has 0 fully saturated rings. The molecule has 0 saturated carbocycles. The van der Waals surface area contributed by atoms with Crippen LogP contribution in [0, 0.1) is 0 Å². The molecule has 0 aromatic heterocycles. The molecule has 0 amide bonds. The third-order valence-electron chi connectivity index (χ3n) is 9.63. The maximum atomic E-state index is 12.7. The molecule has 61 heavy (non-hydrogen) atoms. The van der Waals surface area contributed by atoms with E-state index in [9.17, 15) is 14.3 Å². The number of esters is 1. The molecule has 0 aliphatic heterocycles. The SMILES string of the molecule is CC/C=C\C/C=C\C/C=C\C/C=C\C/C=C\C/C=C\CCCOCC(COP(=O)(O)OCC[N+](C)(C)C)OC(=O)CCCCCCCCCCC/C=C\C/C=C\CCCCC. The van der Waals surface area contributed by atoms with Gasteiger partial charge < -0.3 is 18.9 Å². The highest BCUT2D eigenvalue weighted by Crippen LogP contribution is 2.43. The fraction of sp³-hybridized carbons (Fsp3) is 0.673. The van der Waals surface area contributed by atoms with Gasteiger partial charge in [0.05, 0.1) is 34.4 Å². The monoisotopic (exact) mass is 873 g/mol. The fourth-order valence-corrected chi connectivity index (χ4v) is 6.69. The van der Waals surface area contributed by atoms with Gasteiger partial charge in [-0.1, -0.05) is 169 Å². The Labute approximate surface area is 375 Å². The van der Waals surface area contributed by atoms with E-state index in [2.05, 4.69) is 111 Å². The van der Waals surface area contributed by atoms with Crippen LogP contribution < -0.4 is 0 Å². The minimum absolute atomic E-state index is 0.0714. The predicted octanol–water partition coefficient (Wildman–Crippen LogP) is 14.6. The van der Waals surface area contributed by atoms with Gasteiger partial charge in [0, 0.05) is 13.0 Å². The molecule has 0 saturated heterocycles. The molecule has 9 heteroatoms. The van der Waals surface area contributed by atoms with Gasteiger partial charge in [-0.05, 0) is 89.9 Å². The summed E-state index contributed by atoms with van der Waals surface area (Å²) in [5.74, 6) is -0.342. The van der Waals surface area contributed by atoms with E-state index in [4.69, 9.17) is 18.5 Å². The van der Waals surface area contributed by atoms with Crippen LogP contribution in [-0.2, 0) is 27.9 Å². The van der Waals surface area contributed by atoms with E-state index in [0.29, 0.717) is 24.1 Å². The number of hydrogen-bond donors (Lipinski definition) is 1. The highest BCUT2D eigenvalue weighted by atomic mass is 31.2. The van der Waals surface area contributed by atoms with Crippen LogP contribution in [0.25, 0.3) is 0 Å². The second-order valence-corrected chi connectivity index (χ2v) is 18.2. The van der Waals surface area contributed by atoms with E-state index in [1.54, 1.807) is 0 Å². The summed E-state index contributed by atoms with van der Waals surface area (Å²) in [6, 6.07) is 0. The van der Waals surface area contributed by atoms with Gasteiger partial charge in [-0.2, -0.15) is 0 Å². The van der Waals surface area contributed by atoms with Crippen LogP contribution in [0.2, 0.25) is 0 Å². The number of allylic oxidation sites excluding steroid dienone is 16. The summed E-state index contributed by atoms with van der Waals surface area (Å²) < 4.78 is 35.0. The van der Waals surface area contributed by atoms with Gasteiger partial charge in [-0.25, -0.2) is 4.57 Å². The van der Waals surface area contributed by atoms with Crippen LogP contribution in [0.15, 0.2) is 97.2 Å². The summed E-state index contributed by atoms with van der Waals surface area (Å²) >= 11 is 0. The smallest absolute Gasteiger partial charge is 0.457 e. The normalized spacial score (nSPS) is 14.5. The first kappa shape index (κ1) is 58.4. The van der Waals surface area contributed by atoms with Crippen molar-refractivity contribution in [1.29, 1.82) is 0 Å². The molecule has 2 atom stereocenters. The number of carbonyl (C=O) groups is 1. The van der Waals surface area contributed by atoms with Crippen LogP contribution in [0.3, 0.4) is 0 Å². The molecule has 0 spiro atoms. The van der Waals surface area contributed by atoms with E-state index in [1.165, 1.54) is 70.6 Å². The van der Waals surface area contributed by atoms with Crippen molar-refractivity contribution in [3.8, 4) is 0 Å². The number of phosphoric ester groups is 1. The Morgan fingerprint density at radius 3 is 1.43 bits per heavy atom. The molecule has 2 unspecified atom stereocenters. The van der Waals surface area contributed by atoms with Gasteiger partial charge in [-0.3, -0.25) is 13.8 Å². The van der Waals surface area contributed by atoms with Crippen molar-refractivity contribution in [3.05, 3.63) is 97.2 Å². The van der Waals surface area contributed by atoms with E-state index in [1.807, 2.05) is 21.1 Å². The number of ether oxygens (including phenoxy) is 2. The number of nitrogens with zero attached hydrogens (tertiary/aromatic N) is 1. The maximum absolute atomic E-state index is 12.7. The average molecular weight is 873 g/mol. The zero-order chi connectivity index (χ0) is 44.8. The molecule has 0 aliphatic rings. The Balaban J connectivity index is 4.32. The van der Waals surface area contributed by atoms with Crippen LogP contribution in [0.5, 0.6) is 0 Å². The summed E-state index contributed by atoms with van der Waals surface area (Å²) in [5, 5.41) is 0. The molecular weight excluding hydrogens is 782 g/mol. The summed E-state index contributed by atoms with van der Waals surface area (Å²) in [7, 11) is 1.61. The fourth-order valence-electron chi connectivity index (χ4n) is 5.95. The average Bonchev–Trinajstić information content (AvgIpc) is 3.22. The highest BCUT2D eigenvalue weighted by molar-refractivity contribution is 7.47. The third-order valence-corrected chi connectivity index (χ3v) is 10.6. The molecule has 0 rings (SSSR count). The quantitative estimate of drug-likeness (QED) is 0.0214. The first-order chi connectivity index (χ1) is 29.6. The Morgan fingerprint density at radius 1 is 0.525 bits per heavy atom. The van der Waals surface area contributed by atoms with Gasteiger partial charge in [0.1, 0.15) is 19.3 Å². The summed E-state index contributed by atoms with van der Waals surface area (Å²) in [6.45, 7) is 5.30. The number of unbranched alkanes of at least 4 members (excludes halogenated alkanes) is 13. The second-order valence-electron chi connectivity index (χ2n) is 16.8. The first-order valence-corrected chi connectivity index (χ1v) is 25.5. The van der Waals surface area contributed by atoms with Gasteiger partial charge in [0.15, 0.2) is 0 Å². The zero-order valence-corrected chi connectivity index (χ0v) is 40.5. The summed E-state index contributed by atoms with van der Waals surface area (Å²) in [4.78, 5) is 23.0. The molecule has 8 nitrogen and oxygen atoms in total. The number of hydrogen-bond acceptors (Lipinski definition) is 6. The lowest BCUT2D eigenvalue weighted by Crippen LogP contribution is -2.37. The lowest BCUT2D eigenvalue weighted by atomic mass is 10.1. The van der Waals surface area contributed by atoms with Crippen molar-refractivity contribution in [1.82, 2.24) is 0 Å². The molecule has 0 bridgehead atoms. The Hall–Kier alpha value is -2.58. The van der Waals surface area contributed by atoms with Crippen molar-refractivity contribution in [2.75, 3.05) is 54.1 Å². The molecule has 0 heterocycles. The number of rotatable bonds is 43. The molecule has 0 aromatic rings. The third kappa shape index (κ3) is 48.3. The molecule has 1 N–H and O–H groups in total. The minimum Gasteiger partial charge on any atom is -0.457 e.